The molecule has 1 aliphatic carbocycles. The number of aromatic nitrogens is 1. The van der Waals surface area contributed by atoms with Gasteiger partial charge in [-0.2, -0.15) is 0 Å². The van der Waals surface area contributed by atoms with E-state index in [-0.39, 0.29) is 23.7 Å². The molecule has 0 spiro atoms. The van der Waals surface area contributed by atoms with Crippen LogP contribution in [0.5, 0.6) is 0 Å². The average molecular weight is 418 g/mol. The Balaban J connectivity index is 1.36. The molecule has 7 nitrogen and oxygen atoms in total. The van der Waals surface area contributed by atoms with Crippen molar-refractivity contribution < 1.29 is 18.7 Å². The van der Waals surface area contributed by atoms with E-state index in [9.17, 15) is 14.0 Å². The number of thiazole rings is 1. The number of carbonyl (C=O) groups is 2. The van der Waals surface area contributed by atoms with Crippen LogP contribution < -0.4 is 5.32 Å². The number of hydrogen-bond acceptors (Lipinski definition) is 6. The fourth-order valence-electron chi connectivity index (χ4n) is 3.26. The highest BCUT2D eigenvalue weighted by Gasteiger charge is 2.34. The van der Waals surface area contributed by atoms with E-state index in [1.54, 1.807) is 27.3 Å². The summed E-state index contributed by atoms with van der Waals surface area (Å²) < 4.78 is 18.3. The molecular weight excluding hydrogens is 395 g/mol. The fourth-order valence-corrected chi connectivity index (χ4v) is 3.96. The molecule has 0 radical (unpaired) electrons. The maximum atomic E-state index is 13.0. The van der Waals surface area contributed by atoms with Gasteiger partial charge in [0.2, 0.25) is 5.91 Å². The van der Waals surface area contributed by atoms with Crippen LogP contribution in [0.2, 0.25) is 0 Å². The monoisotopic (exact) mass is 418 g/mol. The molecule has 1 aromatic carbocycles. The van der Waals surface area contributed by atoms with Crippen LogP contribution in [0.3, 0.4) is 0 Å². The molecule has 2 aromatic rings. The van der Waals surface area contributed by atoms with Crippen LogP contribution in [-0.2, 0) is 9.53 Å². The Bertz CT molecular complexity index is 863. The van der Waals surface area contributed by atoms with Gasteiger partial charge in [0.15, 0.2) is 5.13 Å². The maximum absolute atomic E-state index is 13.0. The molecule has 0 unspecified atom stereocenters. The molecule has 1 aliphatic heterocycles. The minimum Gasteiger partial charge on any atom is -0.378 e. The Kier molecular flexibility index (Phi) is 6.05. The first kappa shape index (κ1) is 19.8. The minimum absolute atomic E-state index is 0.0590. The Morgan fingerprint density at radius 2 is 1.97 bits per heavy atom. The fraction of sp³-hybridized carbons (Fsp3) is 0.450. The Labute approximate surface area is 172 Å². The third-order valence-corrected chi connectivity index (χ3v) is 5.76. The quantitative estimate of drug-likeness (QED) is 0.748. The summed E-state index contributed by atoms with van der Waals surface area (Å²) in [5.41, 5.74) is 1.07. The van der Waals surface area contributed by atoms with Gasteiger partial charge in [-0.15, -0.1) is 11.3 Å². The summed E-state index contributed by atoms with van der Waals surface area (Å²) in [4.78, 5) is 33.3. The van der Waals surface area contributed by atoms with E-state index < -0.39 is 0 Å². The number of hydrogen-bond donors (Lipinski definition) is 1. The van der Waals surface area contributed by atoms with Crippen LogP contribution in [-0.4, -0.2) is 65.5 Å². The number of benzene rings is 1. The third kappa shape index (κ3) is 5.10. The van der Waals surface area contributed by atoms with Crippen LogP contribution in [0.1, 0.15) is 29.8 Å². The summed E-state index contributed by atoms with van der Waals surface area (Å²) in [7, 11) is 0. The Morgan fingerprint density at radius 3 is 2.66 bits per heavy atom. The van der Waals surface area contributed by atoms with Crippen molar-refractivity contribution in [1.82, 2.24) is 14.8 Å². The van der Waals surface area contributed by atoms with Crippen LogP contribution in [0, 0.1) is 5.82 Å². The van der Waals surface area contributed by atoms with Crippen molar-refractivity contribution >= 4 is 34.0 Å². The van der Waals surface area contributed by atoms with Crippen molar-refractivity contribution in [2.24, 2.45) is 0 Å². The molecule has 2 amide bonds. The van der Waals surface area contributed by atoms with Crippen molar-refractivity contribution in [3.63, 3.8) is 0 Å². The number of rotatable bonds is 7. The summed E-state index contributed by atoms with van der Waals surface area (Å²) >= 11 is 1.32. The lowest BCUT2D eigenvalue weighted by Crippen LogP contribution is -2.43. The highest BCUT2D eigenvalue weighted by Crippen LogP contribution is 2.30. The minimum atomic E-state index is -0.308. The summed E-state index contributed by atoms with van der Waals surface area (Å²) in [6.07, 6.45) is 2.23. The third-order valence-electron chi connectivity index (χ3n) is 5.00. The second-order valence-electron chi connectivity index (χ2n) is 7.14. The molecule has 9 heteroatoms. The highest BCUT2D eigenvalue weighted by molar-refractivity contribution is 7.14. The van der Waals surface area contributed by atoms with Gasteiger partial charge < -0.3 is 19.9 Å². The van der Waals surface area contributed by atoms with Gasteiger partial charge in [0.25, 0.3) is 5.91 Å². The van der Waals surface area contributed by atoms with Crippen LogP contribution in [0.4, 0.5) is 15.2 Å². The van der Waals surface area contributed by atoms with Gasteiger partial charge in [-0.25, -0.2) is 9.37 Å². The molecule has 2 heterocycles. The lowest BCUT2D eigenvalue weighted by atomic mass is 10.2. The first-order chi connectivity index (χ1) is 14.1. The lowest BCUT2D eigenvalue weighted by Gasteiger charge is -2.28. The number of ether oxygens (including phenoxy) is 1. The summed E-state index contributed by atoms with van der Waals surface area (Å²) in [5, 5.41) is 5.37. The number of anilines is 2. The topological polar surface area (TPSA) is 74.8 Å². The van der Waals surface area contributed by atoms with Gasteiger partial charge in [0.1, 0.15) is 11.5 Å². The maximum Gasteiger partial charge on any atom is 0.273 e. The van der Waals surface area contributed by atoms with Crippen molar-refractivity contribution in [3.8, 4) is 0 Å². The Hall–Kier alpha value is -2.52. The smallest absolute Gasteiger partial charge is 0.273 e. The van der Waals surface area contributed by atoms with Gasteiger partial charge in [-0.3, -0.25) is 9.59 Å². The zero-order chi connectivity index (χ0) is 20.2. The highest BCUT2D eigenvalue weighted by atomic mass is 32.1. The predicted molar refractivity (Wildman–Crippen MR) is 108 cm³/mol. The van der Waals surface area contributed by atoms with Crippen molar-refractivity contribution in [2.45, 2.75) is 25.3 Å². The van der Waals surface area contributed by atoms with E-state index in [1.165, 1.54) is 23.5 Å². The van der Waals surface area contributed by atoms with Crippen molar-refractivity contribution in [2.75, 3.05) is 38.2 Å². The molecule has 2 aliphatic rings. The number of morpholine rings is 1. The molecule has 1 saturated carbocycles. The van der Waals surface area contributed by atoms with E-state index in [1.807, 2.05) is 0 Å². The lowest BCUT2D eigenvalue weighted by molar-refractivity contribution is -0.135. The van der Waals surface area contributed by atoms with Crippen LogP contribution in [0.15, 0.2) is 29.6 Å². The largest absolute Gasteiger partial charge is 0.378 e. The standard InChI is InChI=1S/C20H23FN4O3S/c21-14-1-3-15(4-2-14)22-20-23-17(13-29-20)19(27)25(16-5-6-16)8-7-18(26)24-9-11-28-12-10-24/h1-4,13,16H,5-12H2,(H,22,23). The summed E-state index contributed by atoms with van der Waals surface area (Å²) in [6, 6.07) is 6.15. The van der Waals surface area contributed by atoms with Crippen LogP contribution in [0.25, 0.3) is 0 Å². The number of nitrogens with one attached hydrogen (secondary N) is 1. The first-order valence-corrected chi connectivity index (χ1v) is 10.6. The molecule has 154 valence electrons. The van der Waals surface area contributed by atoms with Crippen molar-refractivity contribution in [1.29, 1.82) is 0 Å². The van der Waals surface area contributed by atoms with E-state index in [2.05, 4.69) is 10.3 Å². The van der Waals surface area contributed by atoms with Gasteiger partial charge in [0.05, 0.1) is 13.2 Å². The molecule has 1 saturated heterocycles. The van der Waals surface area contributed by atoms with Gasteiger partial charge in [-0.05, 0) is 37.1 Å². The van der Waals surface area contributed by atoms with Gasteiger partial charge in [-0.1, -0.05) is 0 Å². The molecule has 0 bridgehead atoms. The van der Waals surface area contributed by atoms with E-state index >= 15 is 0 Å². The zero-order valence-electron chi connectivity index (χ0n) is 16.0. The summed E-state index contributed by atoms with van der Waals surface area (Å²) in [5.74, 6) is -0.397. The van der Waals surface area contributed by atoms with E-state index in [0.29, 0.717) is 55.8 Å². The number of halogens is 1. The molecule has 1 N–H and O–H groups in total. The molecule has 29 heavy (non-hydrogen) atoms. The number of nitrogens with zero attached hydrogens (tertiary/aromatic N) is 3. The molecular formula is C20H23FN4O3S. The zero-order valence-corrected chi connectivity index (χ0v) is 16.8. The average Bonchev–Trinajstić information content (AvgIpc) is 3.48. The number of carbonyl (C=O) groups excluding carboxylic acids is 2. The normalized spacial score (nSPS) is 16.5. The van der Waals surface area contributed by atoms with Crippen molar-refractivity contribution in [3.05, 3.63) is 41.2 Å². The Morgan fingerprint density at radius 1 is 1.24 bits per heavy atom. The van der Waals surface area contributed by atoms with E-state index in [4.69, 9.17) is 4.74 Å². The number of amides is 2. The first-order valence-electron chi connectivity index (χ1n) is 9.75. The second-order valence-corrected chi connectivity index (χ2v) is 8.00. The van der Waals surface area contributed by atoms with Gasteiger partial charge >= 0.3 is 0 Å². The molecule has 4 rings (SSSR count). The molecule has 0 atom stereocenters. The summed E-state index contributed by atoms with van der Waals surface area (Å²) in [6.45, 7) is 2.76. The molecule has 2 fully saturated rings. The second kappa shape index (κ2) is 8.87. The molecule has 1 aromatic heterocycles. The predicted octanol–water partition coefficient (Wildman–Crippen LogP) is 2.88. The van der Waals surface area contributed by atoms with Crippen LogP contribution >= 0.6 is 11.3 Å². The van der Waals surface area contributed by atoms with E-state index in [0.717, 1.165) is 12.8 Å². The van der Waals surface area contributed by atoms with Gasteiger partial charge in [0, 0.05) is 43.2 Å². The SMILES string of the molecule is O=C(CCN(C(=O)c1csc(Nc2ccc(F)cc2)n1)C1CC1)N1CCOCC1.